The van der Waals surface area contributed by atoms with Gasteiger partial charge in [0.25, 0.3) is 0 Å². The lowest BCUT2D eigenvalue weighted by Gasteiger charge is -2.25. The second kappa shape index (κ2) is 5.27. The van der Waals surface area contributed by atoms with Crippen molar-refractivity contribution in [2.24, 2.45) is 11.7 Å². The van der Waals surface area contributed by atoms with E-state index in [0.29, 0.717) is 12.0 Å². The number of hydrogen-bond acceptors (Lipinski definition) is 4. The lowest BCUT2D eigenvalue weighted by molar-refractivity contribution is 0.237. The molecule has 1 aromatic rings. The first-order valence-corrected chi connectivity index (χ1v) is 7.75. The maximum absolute atomic E-state index is 5.92. The van der Waals surface area contributed by atoms with Gasteiger partial charge in [-0.05, 0) is 32.0 Å². The smallest absolute Gasteiger partial charge is 0.0982 e. The third-order valence-electron chi connectivity index (χ3n) is 3.80. The molecule has 2 heterocycles. The molecule has 3 nitrogen and oxygen atoms in total. The van der Waals surface area contributed by atoms with Crippen molar-refractivity contribution >= 4 is 11.3 Å². The van der Waals surface area contributed by atoms with Gasteiger partial charge in [0, 0.05) is 10.8 Å². The lowest BCUT2D eigenvalue weighted by Crippen LogP contribution is -2.28. The number of aromatic nitrogens is 1. The molecule has 0 saturated carbocycles. The average Bonchev–Trinajstić information content (AvgIpc) is 2.93. The molecule has 0 aliphatic carbocycles. The van der Waals surface area contributed by atoms with Crippen LogP contribution in [0.3, 0.4) is 0 Å². The van der Waals surface area contributed by atoms with Crippen LogP contribution in [0.1, 0.15) is 50.9 Å². The van der Waals surface area contributed by atoms with Gasteiger partial charge in [-0.25, -0.2) is 4.98 Å². The summed E-state index contributed by atoms with van der Waals surface area (Å²) in [4.78, 5) is 7.39. The van der Waals surface area contributed by atoms with Crippen molar-refractivity contribution in [2.45, 2.75) is 45.6 Å². The van der Waals surface area contributed by atoms with Gasteiger partial charge in [-0.1, -0.05) is 27.7 Å². The summed E-state index contributed by atoms with van der Waals surface area (Å²) in [7, 11) is 0. The fourth-order valence-corrected chi connectivity index (χ4v) is 3.66. The van der Waals surface area contributed by atoms with Crippen molar-refractivity contribution in [3.8, 4) is 0 Å². The number of likely N-dealkylation sites (tertiary alicyclic amines) is 1. The molecule has 18 heavy (non-hydrogen) atoms. The molecule has 1 fully saturated rings. The molecule has 1 aliphatic heterocycles. The zero-order valence-corrected chi connectivity index (χ0v) is 12.8. The Balaban J connectivity index is 2.26. The fraction of sp³-hybridized carbons (Fsp3) is 0.786. The standard InChI is InChI=1S/C14H25N3S/c1-5-17-7-6-10(8-15)12(17)11-9-18-13(16-11)14(2,3)4/h9-10,12H,5-8,15H2,1-4H3. The molecule has 2 atom stereocenters. The van der Waals surface area contributed by atoms with Crippen LogP contribution in [0.5, 0.6) is 0 Å². The zero-order valence-electron chi connectivity index (χ0n) is 11.9. The predicted molar refractivity (Wildman–Crippen MR) is 78.0 cm³/mol. The topological polar surface area (TPSA) is 42.1 Å². The number of hydrogen-bond donors (Lipinski definition) is 1. The van der Waals surface area contributed by atoms with Crippen LogP contribution in [0.2, 0.25) is 0 Å². The van der Waals surface area contributed by atoms with Gasteiger partial charge in [-0.15, -0.1) is 11.3 Å². The summed E-state index contributed by atoms with van der Waals surface area (Å²) >= 11 is 1.79. The summed E-state index contributed by atoms with van der Waals surface area (Å²) in [5.74, 6) is 0.569. The summed E-state index contributed by atoms with van der Waals surface area (Å²) < 4.78 is 0. The van der Waals surface area contributed by atoms with E-state index in [1.165, 1.54) is 17.1 Å². The van der Waals surface area contributed by atoms with Crippen LogP contribution in [0.4, 0.5) is 0 Å². The molecule has 2 unspecified atom stereocenters. The molecule has 1 aliphatic rings. The largest absolute Gasteiger partial charge is 0.330 e. The Bertz CT molecular complexity index is 382. The molecule has 0 amide bonds. The molecule has 102 valence electrons. The van der Waals surface area contributed by atoms with Crippen molar-refractivity contribution in [1.82, 2.24) is 9.88 Å². The van der Waals surface area contributed by atoms with Crippen LogP contribution in [0.25, 0.3) is 0 Å². The molecule has 1 saturated heterocycles. The van der Waals surface area contributed by atoms with Crippen molar-refractivity contribution < 1.29 is 0 Å². The third kappa shape index (κ3) is 2.60. The number of nitrogens with zero attached hydrogens (tertiary/aromatic N) is 2. The first-order chi connectivity index (χ1) is 8.47. The first-order valence-electron chi connectivity index (χ1n) is 6.87. The van der Waals surface area contributed by atoms with E-state index < -0.39 is 0 Å². The summed E-state index contributed by atoms with van der Waals surface area (Å²) in [5.41, 5.74) is 7.31. The van der Waals surface area contributed by atoms with Gasteiger partial charge in [0.05, 0.1) is 16.7 Å². The highest BCUT2D eigenvalue weighted by molar-refractivity contribution is 7.09. The molecule has 0 aromatic carbocycles. The molecule has 0 spiro atoms. The van der Waals surface area contributed by atoms with Crippen LogP contribution in [-0.4, -0.2) is 29.5 Å². The SMILES string of the molecule is CCN1CCC(CN)C1c1csc(C(C)(C)C)n1. The Morgan fingerprint density at radius 2 is 2.22 bits per heavy atom. The monoisotopic (exact) mass is 267 g/mol. The molecular formula is C14H25N3S. The van der Waals surface area contributed by atoms with Gasteiger partial charge in [0.1, 0.15) is 0 Å². The van der Waals surface area contributed by atoms with Gasteiger partial charge in [-0.2, -0.15) is 0 Å². The molecule has 2 N–H and O–H groups in total. The number of nitrogens with two attached hydrogens (primary N) is 1. The van der Waals surface area contributed by atoms with Gasteiger partial charge >= 0.3 is 0 Å². The fourth-order valence-electron chi connectivity index (χ4n) is 2.72. The molecule has 0 radical (unpaired) electrons. The first kappa shape index (κ1) is 14.0. The molecule has 1 aromatic heterocycles. The van der Waals surface area contributed by atoms with E-state index in [2.05, 4.69) is 38.0 Å². The maximum atomic E-state index is 5.92. The molecule has 4 heteroatoms. The van der Waals surface area contributed by atoms with Crippen molar-refractivity contribution in [2.75, 3.05) is 19.6 Å². The Morgan fingerprint density at radius 1 is 1.50 bits per heavy atom. The number of thiazole rings is 1. The van der Waals surface area contributed by atoms with E-state index in [-0.39, 0.29) is 5.41 Å². The second-order valence-corrected chi connectivity index (χ2v) is 7.04. The molecule has 0 bridgehead atoms. The number of rotatable bonds is 3. The predicted octanol–water partition coefficient (Wildman–Crippen LogP) is 2.78. The third-order valence-corrected chi connectivity index (χ3v) is 5.09. The van der Waals surface area contributed by atoms with E-state index in [1.54, 1.807) is 11.3 Å². The van der Waals surface area contributed by atoms with Gasteiger partial charge in [0.15, 0.2) is 0 Å². The molecule has 2 rings (SSSR count). The minimum absolute atomic E-state index is 0.150. The van der Waals surface area contributed by atoms with E-state index >= 15 is 0 Å². The van der Waals surface area contributed by atoms with Gasteiger partial charge < -0.3 is 5.73 Å². The normalized spacial score (nSPS) is 25.8. The van der Waals surface area contributed by atoms with Crippen LogP contribution in [0.15, 0.2) is 5.38 Å². The second-order valence-electron chi connectivity index (χ2n) is 6.19. The highest BCUT2D eigenvalue weighted by Gasteiger charge is 2.35. The summed E-state index contributed by atoms with van der Waals surface area (Å²) in [6.07, 6.45) is 1.21. The van der Waals surface area contributed by atoms with Gasteiger partial charge in [-0.3, -0.25) is 4.90 Å². The highest BCUT2D eigenvalue weighted by atomic mass is 32.1. The van der Waals surface area contributed by atoms with Crippen LogP contribution < -0.4 is 5.73 Å². The van der Waals surface area contributed by atoms with Gasteiger partial charge in [0.2, 0.25) is 0 Å². The Morgan fingerprint density at radius 3 is 2.72 bits per heavy atom. The quantitative estimate of drug-likeness (QED) is 0.915. The Labute approximate surface area is 114 Å². The minimum atomic E-state index is 0.150. The minimum Gasteiger partial charge on any atom is -0.330 e. The molecular weight excluding hydrogens is 242 g/mol. The zero-order chi connectivity index (χ0) is 13.3. The average molecular weight is 267 g/mol. The lowest BCUT2D eigenvalue weighted by atomic mass is 9.96. The highest BCUT2D eigenvalue weighted by Crippen LogP contribution is 2.38. The van der Waals surface area contributed by atoms with Crippen LogP contribution >= 0.6 is 11.3 Å². The maximum Gasteiger partial charge on any atom is 0.0982 e. The van der Waals surface area contributed by atoms with Crippen molar-refractivity contribution in [3.63, 3.8) is 0 Å². The van der Waals surface area contributed by atoms with Crippen molar-refractivity contribution in [3.05, 3.63) is 16.1 Å². The Hall–Kier alpha value is -0.450. The Kier molecular flexibility index (Phi) is 4.09. The van der Waals surface area contributed by atoms with E-state index in [1.807, 2.05) is 0 Å². The van der Waals surface area contributed by atoms with E-state index in [4.69, 9.17) is 10.7 Å². The summed E-state index contributed by atoms with van der Waals surface area (Å²) in [6, 6.07) is 0.437. The summed E-state index contributed by atoms with van der Waals surface area (Å²) in [5, 5.41) is 3.47. The van der Waals surface area contributed by atoms with Crippen LogP contribution in [-0.2, 0) is 5.41 Å². The van der Waals surface area contributed by atoms with Crippen molar-refractivity contribution in [1.29, 1.82) is 0 Å². The van der Waals surface area contributed by atoms with E-state index in [9.17, 15) is 0 Å². The van der Waals surface area contributed by atoms with Crippen LogP contribution in [0, 0.1) is 5.92 Å². The van der Waals surface area contributed by atoms with E-state index in [0.717, 1.165) is 19.6 Å². The summed E-state index contributed by atoms with van der Waals surface area (Å²) in [6.45, 7) is 11.9.